The SMILES string of the molecule is CCCCc1ccc(CC(=O)Nc2cccc([N+](=O)[O-])c2C)cc1. The lowest BCUT2D eigenvalue weighted by Gasteiger charge is -2.09. The summed E-state index contributed by atoms with van der Waals surface area (Å²) in [5.74, 6) is -0.181. The van der Waals surface area contributed by atoms with Crippen LogP contribution in [0.15, 0.2) is 42.5 Å². The summed E-state index contributed by atoms with van der Waals surface area (Å²) in [6.45, 7) is 3.80. The minimum atomic E-state index is -0.444. The van der Waals surface area contributed by atoms with E-state index in [4.69, 9.17) is 0 Å². The Labute approximate surface area is 141 Å². The van der Waals surface area contributed by atoms with Crippen LogP contribution < -0.4 is 5.32 Å². The highest BCUT2D eigenvalue weighted by Crippen LogP contribution is 2.25. The number of hydrogen-bond acceptors (Lipinski definition) is 3. The number of nitrogens with zero attached hydrogens (tertiary/aromatic N) is 1. The number of benzene rings is 2. The van der Waals surface area contributed by atoms with E-state index >= 15 is 0 Å². The average Bonchev–Trinajstić information content (AvgIpc) is 2.56. The van der Waals surface area contributed by atoms with Gasteiger partial charge in [0.05, 0.1) is 22.6 Å². The van der Waals surface area contributed by atoms with E-state index in [1.807, 2.05) is 12.1 Å². The number of nitro groups is 1. The van der Waals surface area contributed by atoms with Gasteiger partial charge in [-0.25, -0.2) is 0 Å². The van der Waals surface area contributed by atoms with Crippen LogP contribution in [0, 0.1) is 17.0 Å². The van der Waals surface area contributed by atoms with Gasteiger partial charge in [0.25, 0.3) is 5.69 Å². The summed E-state index contributed by atoms with van der Waals surface area (Å²) in [6.07, 6.45) is 3.62. The van der Waals surface area contributed by atoms with E-state index in [0.717, 1.165) is 24.8 Å². The van der Waals surface area contributed by atoms with Crippen molar-refractivity contribution in [3.63, 3.8) is 0 Å². The second-order valence-electron chi connectivity index (χ2n) is 5.85. The molecule has 0 radical (unpaired) electrons. The lowest BCUT2D eigenvalue weighted by molar-refractivity contribution is -0.385. The van der Waals surface area contributed by atoms with Crippen molar-refractivity contribution >= 4 is 17.3 Å². The van der Waals surface area contributed by atoms with E-state index in [9.17, 15) is 14.9 Å². The Morgan fingerprint density at radius 1 is 1.12 bits per heavy atom. The van der Waals surface area contributed by atoms with E-state index in [1.54, 1.807) is 19.1 Å². The Balaban J connectivity index is 2.01. The van der Waals surface area contributed by atoms with E-state index in [-0.39, 0.29) is 18.0 Å². The lowest BCUT2D eigenvalue weighted by atomic mass is 10.0. The molecule has 0 atom stereocenters. The van der Waals surface area contributed by atoms with Crippen LogP contribution in [-0.4, -0.2) is 10.8 Å². The first-order valence-electron chi connectivity index (χ1n) is 8.13. The molecule has 5 heteroatoms. The van der Waals surface area contributed by atoms with Gasteiger partial charge in [0.15, 0.2) is 0 Å². The van der Waals surface area contributed by atoms with E-state index < -0.39 is 4.92 Å². The van der Waals surface area contributed by atoms with Crippen LogP contribution >= 0.6 is 0 Å². The Kier molecular flexibility index (Phi) is 6.07. The maximum atomic E-state index is 12.2. The molecule has 24 heavy (non-hydrogen) atoms. The molecule has 0 saturated heterocycles. The fourth-order valence-electron chi connectivity index (χ4n) is 2.54. The number of nitrogens with one attached hydrogen (secondary N) is 1. The summed E-state index contributed by atoms with van der Waals surface area (Å²) in [4.78, 5) is 22.7. The molecular formula is C19H22N2O3. The molecule has 0 heterocycles. The van der Waals surface area contributed by atoms with Gasteiger partial charge in [-0.15, -0.1) is 0 Å². The van der Waals surface area contributed by atoms with Gasteiger partial charge in [-0.2, -0.15) is 0 Å². The molecule has 0 aliphatic carbocycles. The van der Waals surface area contributed by atoms with Crippen molar-refractivity contribution < 1.29 is 9.72 Å². The number of carbonyl (C=O) groups excluding carboxylic acids is 1. The molecule has 2 aromatic carbocycles. The Bertz CT molecular complexity index is 724. The van der Waals surface area contributed by atoms with Gasteiger partial charge in [0, 0.05) is 6.07 Å². The molecule has 0 saturated carbocycles. The van der Waals surface area contributed by atoms with Crippen molar-refractivity contribution in [1.29, 1.82) is 0 Å². The molecular weight excluding hydrogens is 304 g/mol. The van der Waals surface area contributed by atoms with Crippen LogP contribution in [0.2, 0.25) is 0 Å². The van der Waals surface area contributed by atoms with Gasteiger partial charge in [-0.05, 0) is 37.0 Å². The smallest absolute Gasteiger partial charge is 0.274 e. The van der Waals surface area contributed by atoms with Crippen LogP contribution in [0.4, 0.5) is 11.4 Å². The first kappa shape index (κ1) is 17.7. The zero-order valence-corrected chi connectivity index (χ0v) is 14.0. The molecule has 2 aromatic rings. The quantitative estimate of drug-likeness (QED) is 0.604. The third kappa shape index (κ3) is 4.65. The average molecular weight is 326 g/mol. The van der Waals surface area contributed by atoms with Crippen molar-refractivity contribution in [2.24, 2.45) is 0 Å². The van der Waals surface area contributed by atoms with Crippen LogP contribution in [0.25, 0.3) is 0 Å². The summed E-state index contributed by atoms with van der Waals surface area (Å²) in [5, 5.41) is 13.7. The molecule has 0 spiro atoms. The van der Waals surface area contributed by atoms with Gasteiger partial charge in [0.2, 0.25) is 5.91 Å². The standard InChI is InChI=1S/C19H22N2O3/c1-3-4-6-15-9-11-16(12-10-15)13-19(22)20-17-7-5-8-18(14(17)2)21(23)24/h5,7-12H,3-4,6,13H2,1-2H3,(H,20,22). The van der Waals surface area contributed by atoms with Gasteiger partial charge >= 0.3 is 0 Å². The monoisotopic (exact) mass is 326 g/mol. The number of anilines is 1. The normalized spacial score (nSPS) is 10.4. The van der Waals surface area contributed by atoms with Crippen LogP contribution in [-0.2, 0) is 17.6 Å². The third-order valence-electron chi connectivity index (χ3n) is 3.98. The van der Waals surface area contributed by atoms with Crippen molar-refractivity contribution in [3.8, 4) is 0 Å². The Hall–Kier alpha value is -2.69. The molecule has 0 aromatic heterocycles. The van der Waals surface area contributed by atoms with Gasteiger partial charge < -0.3 is 5.32 Å². The number of nitro benzene ring substituents is 1. The van der Waals surface area contributed by atoms with Crippen molar-refractivity contribution in [1.82, 2.24) is 0 Å². The minimum absolute atomic E-state index is 0.00748. The maximum absolute atomic E-state index is 12.2. The molecule has 126 valence electrons. The van der Waals surface area contributed by atoms with E-state index in [2.05, 4.69) is 24.4 Å². The summed E-state index contributed by atoms with van der Waals surface area (Å²) < 4.78 is 0. The Morgan fingerprint density at radius 2 is 1.79 bits per heavy atom. The second kappa shape index (κ2) is 8.24. The third-order valence-corrected chi connectivity index (χ3v) is 3.98. The first-order chi connectivity index (χ1) is 11.5. The summed E-state index contributed by atoms with van der Waals surface area (Å²) in [5.41, 5.74) is 3.15. The number of aryl methyl sites for hydroxylation is 1. The molecule has 1 amide bonds. The second-order valence-corrected chi connectivity index (χ2v) is 5.85. The predicted molar refractivity (Wildman–Crippen MR) is 95.2 cm³/mol. The minimum Gasteiger partial charge on any atom is -0.325 e. The molecule has 0 fully saturated rings. The highest BCUT2D eigenvalue weighted by atomic mass is 16.6. The van der Waals surface area contributed by atoms with Crippen LogP contribution in [0.3, 0.4) is 0 Å². The zero-order chi connectivity index (χ0) is 17.5. The van der Waals surface area contributed by atoms with Gasteiger partial charge in [0.1, 0.15) is 0 Å². The number of rotatable bonds is 7. The number of hydrogen-bond donors (Lipinski definition) is 1. The first-order valence-corrected chi connectivity index (χ1v) is 8.13. The molecule has 5 nitrogen and oxygen atoms in total. The fraction of sp³-hybridized carbons (Fsp3) is 0.316. The predicted octanol–water partition coefficient (Wildman–Crippen LogP) is 4.43. The number of unbranched alkanes of at least 4 members (excludes halogenated alkanes) is 1. The highest BCUT2D eigenvalue weighted by molar-refractivity contribution is 5.93. The highest BCUT2D eigenvalue weighted by Gasteiger charge is 2.14. The summed E-state index contributed by atoms with van der Waals surface area (Å²) >= 11 is 0. The summed E-state index contributed by atoms with van der Waals surface area (Å²) in [7, 11) is 0. The van der Waals surface area contributed by atoms with E-state index in [1.165, 1.54) is 11.6 Å². The van der Waals surface area contributed by atoms with Crippen molar-refractivity contribution in [2.75, 3.05) is 5.32 Å². The van der Waals surface area contributed by atoms with Crippen LogP contribution in [0.1, 0.15) is 36.5 Å². The van der Waals surface area contributed by atoms with Gasteiger partial charge in [-0.3, -0.25) is 14.9 Å². The van der Waals surface area contributed by atoms with Crippen LogP contribution in [0.5, 0.6) is 0 Å². The molecule has 0 unspecified atom stereocenters. The molecule has 0 aliphatic heterocycles. The molecule has 0 aliphatic rings. The summed E-state index contributed by atoms with van der Waals surface area (Å²) in [6, 6.07) is 12.7. The molecule has 1 N–H and O–H groups in total. The zero-order valence-electron chi connectivity index (χ0n) is 14.0. The number of carbonyl (C=O) groups is 1. The largest absolute Gasteiger partial charge is 0.325 e. The van der Waals surface area contributed by atoms with Gasteiger partial charge in [-0.1, -0.05) is 43.7 Å². The van der Waals surface area contributed by atoms with Crippen molar-refractivity contribution in [3.05, 3.63) is 69.3 Å². The van der Waals surface area contributed by atoms with E-state index in [0.29, 0.717) is 11.3 Å². The number of amides is 1. The Morgan fingerprint density at radius 3 is 2.42 bits per heavy atom. The lowest BCUT2D eigenvalue weighted by Crippen LogP contribution is -2.15. The molecule has 0 bridgehead atoms. The topological polar surface area (TPSA) is 72.2 Å². The fourth-order valence-corrected chi connectivity index (χ4v) is 2.54. The maximum Gasteiger partial charge on any atom is 0.274 e. The van der Waals surface area contributed by atoms with Crippen molar-refractivity contribution in [2.45, 2.75) is 39.5 Å². The molecule has 2 rings (SSSR count).